The maximum Gasteiger partial charge on any atom is 0.254 e. The van der Waals surface area contributed by atoms with E-state index in [2.05, 4.69) is 46.2 Å². The van der Waals surface area contributed by atoms with Crippen molar-refractivity contribution in [1.29, 1.82) is 0 Å². The molecule has 5 rings (SSSR count). The van der Waals surface area contributed by atoms with E-state index in [1.165, 1.54) is 0 Å². The number of amides is 2. The van der Waals surface area contributed by atoms with Gasteiger partial charge < -0.3 is 10.6 Å². The first-order valence-electron chi connectivity index (χ1n) is 10.0. The Morgan fingerprint density at radius 2 is 2.03 bits per heavy atom. The lowest BCUT2D eigenvalue weighted by atomic mass is 10.1. The fourth-order valence-electron chi connectivity index (χ4n) is 3.50. The van der Waals surface area contributed by atoms with Gasteiger partial charge in [0.05, 0.1) is 12.6 Å². The predicted molar refractivity (Wildman–Crippen MR) is 115 cm³/mol. The molecule has 1 saturated carbocycles. The number of anilines is 3. The second-order valence-corrected chi connectivity index (χ2v) is 7.95. The van der Waals surface area contributed by atoms with Crippen LogP contribution in [0.3, 0.4) is 0 Å². The van der Waals surface area contributed by atoms with Crippen molar-refractivity contribution in [2.75, 3.05) is 10.6 Å². The van der Waals surface area contributed by atoms with E-state index in [9.17, 15) is 9.59 Å². The summed E-state index contributed by atoms with van der Waals surface area (Å²) in [5.74, 6) is 0.878. The first kappa shape index (κ1) is 18.4. The quantitative estimate of drug-likeness (QED) is 0.448. The Morgan fingerprint density at radius 1 is 1.20 bits per heavy atom. The van der Waals surface area contributed by atoms with Gasteiger partial charge in [0.25, 0.3) is 5.91 Å². The number of carbonyl (C=O) groups excluding carboxylic acids is 2. The minimum Gasteiger partial charge on any atom is -0.367 e. The van der Waals surface area contributed by atoms with E-state index in [0.29, 0.717) is 28.6 Å². The van der Waals surface area contributed by atoms with Gasteiger partial charge in [-0.1, -0.05) is 12.1 Å². The summed E-state index contributed by atoms with van der Waals surface area (Å²) in [6, 6.07) is 8.62. The van der Waals surface area contributed by atoms with Crippen molar-refractivity contribution < 1.29 is 9.59 Å². The van der Waals surface area contributed by atoms with Crippen LogP contribution in [0.25, 0.3) is 11.7 Å². The topological polar surface area (TPSA) is 100 Å². The number of nitrogens with zero attached hydrogens (tertiary/aromatic N) is 3. The van der Waals surface area contributed by atoms with E-state index >= 15 is 0 Å². The molecule has 3 aromatic rings. The number of hydrogen-bond donors (Lipinski definition) is 3. The summed E-state index contributed by atoms with van der Waals surface area (Å²) in [5.41, 5.74) is 5.00. The summed E-state index contributed by atoms with van der Waals surface area (Å²) in [7, 11) is 0. The van der Waals surface area contributed by atoms with Crippen LogP contribution in [0.15, 0.2) is 36.0 Å². The minimum atomic E-state index is -0.361. The van der Waals surface area contributed by atoms with Crippen molar-refractivity contribution in [2.45, 2.75) is 39.2 Å². The number of benzene rings is 1. The molecule has 0 radical (unpaired) electrons. The summed E-state index contributed by atoms with van der Waals surface area (Å²) in [6.45, 7) is 4.10. The molecule has 152 valence electrons. The zero-order valence-corrected chi connectivity index (χ0v) is 16.8. The Labute approximate surface area is 173 Å². The van der Waals surface area contributed by atoms with Crippen LogP contribution in [0.1, 0.15) is 36.0 Å². The summed E-state index contributed by atoms with van der Waals surface area (Å²) in [4.78, 5) is 28.3. The third-order valence-electron chi connectivity index (χ3n) is 5.31. The Hall–Kier alpha value is -3.68. The van der Waals surface area contributed by atoms with Gasteiger partial charge in [-0.15, -0.1) is 0 Å². The average Bonchev–Trinajstić information content (AvgIpc) is 3.34. The third-order valence-corrected chi connectivity index (χ3v) is 5.31. The van der Waals surface area contributed by atoms with Crippen molar-refractivity contribution >= 4 is 40.9 Å². The SMILES string of the molecule is Cc1ccc(C)c(Nc2cc(NC3CC3)n3ncc(/C=C4\CC(=O)NC4=O)c3n2)c1. The molecule has 0 bridgehead atoms. The summed E-state index contributed by atoms with van der Waals surface area (Å²) < 4.78 is 1.74. The molecular formula is C22H22N6O2. The number of fused-ring (bicyclic) bond motifs is 1. The molecule has 1 aromatic carbocycles. The van der Waals surface area contributed by atoms with Gasteiger partial charge in [-0.25, -0.2) is 4.98 Å². The minimum absolute atomic E-state index is 0.0732. The Balaban J connectivity index is 1.59. The van der Waals surface area contributed by atoms with Crippen LogP contribution in [-0.4, -0.2) is 32.5 Å². The highest BCUT2D eigenvalue weighted by Crippen LogP contribution is 2.29. The molecule has 0 unspecified atom stereocenters. The van der Waals surface area contributed by atoms with Crippen molar-refractivity contribution in [2.24, 2.45) is 0 Å². The van der Waals surface area contributed by atoms with E-state index in [-0.39, 0.29) is 18.2 Å². The predicted octanol–water partition coefficient (Wildman–Crippen LogP) is 3.09. The van der Waals surface area contributed by atoms with Crippen molar-refractivity contribution in [1.82, 2.24) is 19.9 Å². The average molecular weight is 402 g/mol. The molecule has 3 N–H and O–H groups in total. The van der Waals surface area contributed by atoms with Gasteiger partial charge in [-0.05, 0) is 50.0 Å². The van der Waals surface area contributed by atoms with E-state index in [4.69, 9.17) is 4.98 Å². The fraction of sp³-hybridized carbons (Fsp3) is 0.273. The van der Waals surface area contributed by atoms with Crippen molar-refractivity contribution in [3.05, 3.63) is 52.7 Å². The van der Waals surface area contributed by atoms with Gasteiger partial charge >= 0.3 is 0 Å². The van der Waals surface area contributed by atoms with Crippen LogP contribution < -0.4 is 16.0 Å². The molecule has 2 aromatic heterocycles. The Morgan fingerprint density at radius 3 is 2.77 bits per heavy atom. The zero-order valence-electron chi connectivity index (χ0n) is 16.8. The molecule has 2 amide bonds. The molecule has 1 saturated heterocycles. The highest BCUT2D eigenvalue weighted by molar-refractivity contribution is 6.15. The highest BCUT2D eigenvalue weighted by atomic mass is 16.2. The van der Waals surface area contributed by atoms with Crippen molar-refractivity contribution in [3.63, 3.8) is 0 Å². The van der Waals surface area contributed by atoms with Crippen LogP contribution in [0.2, 0.25) is 0 Å². The Kier molecular flexibility index (Phi) is 4.27. The van der Waals surface area contributed by atoms with Gasteiger partial charge in [0.2, 0.25) is 5.91 Å². The molecular weight excluding hydrogens is 380 g/mol. The van der Waals surface area contributed by atoms with E-state index in [1.54, 1.807) is 16.8 Å². The number of rotatable bonds is 5. The first-order valence-corrected chi connectivity index (χ1v) is 10.0. The maximum atomic E-state index is 12.0. The van der Waals surface area contributed by atoms with Gasteiger partial charge in [0, 0.05) is 28.9 Å². The number of nitrogens with one attached hydrogen (secondary N) is 3. The molecule has 3 heterocycles. The van der Waals surface area contributed by atoms with Crippen LogP contribution in [-0.2, 0) is 9.59 Å². The molecule has 0 spiro atoms. The molecule has 0 atom stereocenters. The third kappa shape index (κ3) is 3.52. The first-order chi connectivity index (χ1) is 14.5. The summed E-state index contributed by atoms with van der Waals surface area (Å²) >= 11 is 0. The smallest absolute Gasteiger partial charge is 0.254 e. The molecule has 2 aliphatic rings. The molecule has 8 heteroatoms. The zero-order chi connectivity index (χ0) is 20.8. The number of aromatic nitrogens is 3. The molecule has 8 nitrogen and oxygen atoms in total. The number of aryl methyl sites for hydroxylation is 2. The second kappa shape index (κ2) is 6.98. The van der Waals surface area contributed by atoms with Crippen molar-refractivity contribution in [3.8, 4) is 0 Å². The molecule has 30 heavy (non-hydrogen) atoms. The van der Waals surface area contributed by atoms with Crippen LogP contribution in [0, 0.1) is 13.8 Å². The lowest BCUT2D eigenvalue weighted by molar-refractivity contribution is -0.124. The van der Waals surface area contributed by atoms with Gasteiger partial charge in [-0.3, -0.25) is 14.9 Å². The molecule has 2 fully saturated rings. The number of carbonyl (C=O) groups is 2. The van der Waals surface area contributed by atoms with Crippen LogP contribution in [0.5, 0.6) is 0 Å². The maximum absolute atomic E-state index is 12.0. The molecule has 1 aliphatic carbocycles. The lowest BCUT2D eigenvalue weighted by Gasteiger charge is -2.13. The van der Waals surface area contributed by atoms with E-state index in [1.807, 2.05) is 13.0 Å². The number of hydrogen-bond acceptors (Lipinski definition) is 6. The van der Waals surface area contributed by atoms with Gasteiger partial charge in [-0.2, -0.15) is 9.61 Å². The summed E-state index contributed by atoms with van der Waals surface area (Å²) in [5, 5.41) is 13.7. The monoisotopic (exact) mass is 402 g/mol. The van der Waals surface area contributed by atoms with Crippen LogP contribution in [0.4, 0.5) is 17.3 Å². The lowest BCUT2D eigenvalue weighted by Crippen LogP contribution is -2.19. The molecule has 1 aliphatic heterocycles. The fourth-order valence-corrected chi connectivity index (χ4v) is 3.50. The highest BCUT2D eigenvalue weighted by Gasteiger charge is 2.25. The van der Waals surface area contributed by atoms with Gasteiger partial charge in [0.1, 0.15) is 11.6 Å². The standard InChI is InChI=1S/C22H22N6O2/c1-12-3-4-13(2)17(7-12)25-18-10-19(24-16-5-6-16)28-21(26-18)15(11-23-28)8-14-9-20(29)27-22(14)30/h3-4,7-8,10-11,16,24H,5-6,9H2,1-2H3,(H,25,26)(H,27,29,30)/b14-8+. The largest absolute Gasteiger partial charge is 0.367 e. The second-order valence-electron chi connectivity index (χ2n) is 7.95. The van der Waals surface area contributed by atoms with Crippen LogP contribution >= 0.6 is 0 Å². The van der Waals surface area contributed by atoms with E-state index < -0.39 is 0 Å². The van der Waals surface area contributed by atoms with E-state index in [0.717, 1.165) is 35.5 Å². The summed E-state index contributed by atoms with van der Waals surface area (Å²) in [6.07, 6.45) is 5.70. The van der Waals surface area contributed by atoms with Gasteiger partial charge in [0.15, 0.2) is 5.65 Å². The Bertz CT molecular complexity index is 1220. The number of imide groups is 1. The normalized spacial score (nSPS) is 17.6.